The Kier molecular flexibility index (Phi) is 7.83. The molecule has 23 heavy (non-hydrogen) atoms. The normalized spacial score (nSPS) is 16.3. The number of benzene rings is 1. The Morgan fingerprint density at radius 2 is 2.13 bits per heavy atom. The highest BCUT2D eigenvalue weighted by Crippen LogP contribution is 2.03. The number of morpholine rings is 1. The molecular formula is C17H27FN4O. The van der Waals surface area contributed by atoms with Crippen LogP contribution in [0.15, 0.2) is 29.3 Å². The molecule has 1 aromatic carbocycles. The van der Waals surface area contributed by atoms with Gasteiger partial charge in [0, 0.05) is 32.7 Å². The molecule has 1 heterocycles. The quantitative estimate of drug-likeness (QED) is 0.586. The largest absolute Gasteiger partial charge is 0.379 e. The van der Waals surface area contributed by atoms with Crippen LogP contribution in [0.3, 0.4) is 0 Å². The Bertz CT molecular complexity index is 489. The molecule has 2 rings (SSSR count). The zero-order valence-corrected chi connectivity index (χ0v) is 13.9. The van der Waals surface area contributed by atoms with Crippen molar-refractivity contribution >= 4 is 5.96 Å². The minimum absolute atomic E-state index is 0.186. The van der Waals surface area contributed by atoms with Gasteiger partial charge in [0.1, 0.15) is 5.82 Å². The van der Waals surface area contributed by atoms with Crippen LogP contribution in [0.25, 0.3) is 0 Å². The number of rotatable bonds is 7. The molecule has 1 aliphatic rings. The molecule has 5 nitrogen and oxygen atoms in total. The van der Waals surface area contributed by atoms with Gasteiger partial charge in [-0.15, -0.1) is 0 Å². The Morgan fingerprint density at radius 3 is 2.87 bits per heavy atom. The van der Waals surface area contributed by atoms with E-state index in [9.17, 15) is 4.39 Å². The van der Waals surface area contributed by atoms with Crippen molar-refractivity contribution in [1.29, 1.82) is 0 Å². The Hall–Kier alpha value is -1.66. The molecule has 0 aliphatic carbocycles. The fourth-order valence-corrected chi connectivity index (χ4v) is 2.49. The maximum atomic E-state index is 13.1. The van der Waals surface area contributed by atoms with Crippen molar-refractivity contribution in [3.8, 4) is 0 Å². The lowest BCUT2D eigenvalue weighted by atomic mass is 10.1. The summed E-state index contributed by atoms with van der Waals surface area (Å²) in [6.07, 6.45) is 0.769. The summed E-state index contributed by atoms with van der Waals surface area (Å²) in [4.78, 5) is 6.96. The molecule has 6 heteroatoms. The zero-order valence-electron chi connectivity index (χ0n) is 13.9. The van der Waals surface area contributed by atoms with E-state index < -0.39 is 0 Å². The van der Waals surface area contributed by atoms with Crippen molar-refractivity contribution < 1.29 is 9.13 Å². The minimum atomic E-state index is -0.186. The first-order valence-electron chi connectivity index (χ1n) is 8.34. The molecule has 2 N–H and O–H groups in total. The third-order valence-electron chi connectivity index (χ3n) is 3.73. The average Bonchev–Trinajstić information content (AvgIpc) is 2.56. The number of halogens is 1. The molecule has 0 unspecified atom stereocenters. The summed E-state index contributed by atoms with van der Waals surface area (Å²) in [6, 6.07) is 6.72. The first-order chi connectivity index (χ1) is 11.3. The van der Waals surface area contributed by atoms with Gasteiger partial charge in [0.15, 0.2) is 5.96 Å². The van der Waals surface area contributed by atoms with E-state index in [1.165, 1.54) is 6.07 Å². The standard InChI is InChI=1S/C17H27FN4O/c1-2-19-17(21-8-9-22-10-12-23-13-11-22)20-7-6-15-4-3-5-16(18)14-15/h3-5,14H,2,6-13H2,1H3,(H2,19,20,21). The highest BCUT2D eigenvalue weighted by molar-refractivity contribution is 5.79. The SMILES string of the molecule is CCNC(=NCCN1CCOCC1)NCCc1cccc(F)c1. The molecule has 1 fully saturated rings. The van der Waals surface area contributed by atoms with Crippen LogP contribution in [0, 0.1) is 5.82 Å². The van der Waals surface area contributed by atoms with Gasteiger partial charge in [0.05, 0.1) is 19.8 Å². The lowest BCUT2D eigenvalue weighted by Crippen LogP contribution is -2.40. The summed E-state index contributed by atoms with van der Waals surface area (Å²) in [5.41, 5.74) is 0.988. The van der Waals surface area contributed by atoms with Gasteiger partial charge in [-0.2, -0.15) is 0 Å². The van der Waals surface area contributed by atoms with Crippen LogP contribution in [-0.2, 0) is 11.2 Å². The molecule has 0 aromatic heterocycles. The summed E-state index contributed by atoms with van der Waals surface area (Å²) in [6.45, 7) is 8.91. The van der Waals surface area contributed by atoms with E-state index in [-0.39, 0.29) is 5.82 Å². The highest BCUT2D eigenvalue weighted by atomic mass is 19.1. The number of ether oxygens (including phenoxy) is 1. The Labute approximate surface area is 137 Å². The van der Waals surface area contributed by atoms with E-state index in [2.05, 4.69) is 20.5 Å². The van der Waals surface area contributed by atoms with Crippen LogP contribution in [0.2, 0.25) is 0 Å². The van der Waals surface area contributed by atoms with E-state index in [0.717, 1.165) is 70.4 Å². The number of hydrogen-bond donors (Lipinski definition) is 2. The Morgan fingerprint density at radius 1 is 1.30 bits per heavy atom. The molecule has 128 valence electrons. The zero-order chi connectivity index (χ0) is 16.3. The number of nitrogens with one attached hydrogen (secondary N) is 2. The minimum Gasteiger partial charge on any atom is -0.379 e. The summed E-state index contributed by atoms with van der Waals surface area (Å²) in [7, 11) is 0. The molecule has 0 atom stereocenters. The molecule has 1 saturated heterocycles. The fourth-order valence-electron chi connectivity index (χ4n) is 2.49. The second kappa shape index (κ2) is 10.2. The summed E-state index contributed by atoms with van der Waals surface area (Å²) >= 11 is 0. The van der Waals surface area contributed by atoms with Crippen molar-refractivity contribution in [3.63, 3.8) is 0 Å². The average molecular weight is 322 g/mol. The van der Waals surface area contributed by atoms with Gasteiger partial charge >= 0.3 is 0 Å². The number of guanidine groups is 1. The molecule has 1 aliphatic heterocycles. The summed E-state index contributed by atoms with van der Waals surface area (Å²) in [5, 5.41) is 6.54. The first kappa shape index (κ1) is 17.7. The van der Waals surface area contributed by atoms with Gasteiger partial charge < -0.3 is 15.4 Å². The maximum absolute atomic E-state index is 13.1. The smallest absolute Gasteiger partial charge is 0.191 e. The monoisotopic (exact) mass is 322 g/mol. The third-order valence-corrected chi connectivity index (χ3v) is 3.73. The van der Waals surface area contributed by atoms with Crippen molar-refractivity contribution in [2.75, 3.05) is 52.5 Å². The van der Waals surface area contributed by atoms with Crippen molar-refractivity contribution in [2.45, 2.75) is 13.3 Å². The van der Waals surface area contributed by atoms with Crippen LogP contribution < -0.4 is 10.6 Å². The van der Waals surface area contributed by atoms with Crippen LogP contribution >= 0.6 is 0 Å². The van der Waals surface area contributed by atoms with Crippen molar-refractivity contribution in [3.05, 3.63) is 35.6 Å². The van der Waals surface area contributed by atoms with Gasteiger partial charge in [-0.25, -0.2) is 4.39 Å². The predicted octanol–water partition coefficient (Wildman–Crippen LogP) is 1.26. The summed E-state index contributed by atoms with van der Waals surface area (Å²) < 4.78 is 18.5. The van der Waals surface area contributed by atoms with E-state index in [1.54, 1.807) is 12.1 Å². The lowest BCUT2D eigenvalue weighted by molar-refractivity contribution is 0.0394. The fraction of sp³-hybridized carbons (Fsp3) is 0.588. The van der Waals surface area contributed by atoms with Crippen LogP contribution in [0.4, 0.5) is 4.39 Å². The summed E-state index contributed by atoms with van der Waals surface area (Å²) in [5.74, 6) is 0.630. The van der Waals surface area contributed by atoms with E-state index in [4.69, 9.17) is 4.74 Å². The van der Waals surface area contributed by atoms with Gasteiger partial charge in [0.25, 0.3) is 0 Å². The third kappa shape index (κ3) is 6.97. The van der Waals surface area contributed by atoms with Crippen LogP contribution in [-0.4, -0.2) is 63.3 Å². The predicted molar refractivity (Wildman–Crippen MR) is 91.3 cm³/mol. The van der Waals surface area contributed by atoms with E-state index >= 15 is 0 Å². The first-order valence-corrected chi connectivity index (χ1v) is 8.34. The molecule has 0 radical (unpaired) electrons. The second-order valence-corrected chi connectivity index (χ2v) is 5.52. The van der Waals surface area contributed by atoms with Crippen LogP contribution in [0.1, 0.15) is 12.5 Å². The highest BCUT2D eigenvalue weighted by Gasteiger charge is 2.09. The van der Waals surface area contributed by atoms with Crippen molar-refractivity contribution in [1.82, 2.24) is 15.5 Å². The molecular weight excluding hydrogens is 295 g/mol. The molecule has 1 aromatic rings. The van der Waals surface area contributed by atoms with Crippen molar-refractivity contribution in [2.24, 2.45) is 4.99 Å². The van der Waals surface area contributed by atoms with Gasteiger partial charge in [0.2, 0.25) is 0 Å². The second-order valence-electron chi connectivity index (χ2n) is 5.52. The number of hydrogen-bond acceptors (Lipinski definition) is 3. The van der Waals surface area contributed by atoms with Crippen LogP contribution in [0.5, 0.6) is 0 Å². The maximum Gasteiger partial charge on any atom is 0.191 e. The Balaban J connectivity index is 1.72. The molecule has 0 spiro atoms. The van der Waals surface area contributed by atoms with Gasteiger partial charge in [-0.1, -0.05) is 12.1 Å². The lowest BCUT2D eigenvalue weighted by Gasteiger charge is -2.25. The number of nitrogens with zero attached hydrogens (tertiary/aromatic N) is 2. The molecule has 0 amide bonds. The number of aliphatic imine (C=N–C) groups is 1. The van der Waals surface area contributed by atoms with E-state index in [1.807, 2.05) is 13.0 Å². The topological polar surface area (TPSA) is 48.9 Å². The molecule has 0 bridgehead atoms. The van der Waals surface area contributed by atoms with Gasteiger partial charge in [-0.05, 0) is 31.0 Å². The van der Waals surface area contributed by atoms with E-state index in [0.29, 0.717) is 0 Å². The van der Waals surface area contributed by atoms with Gasteiger partial charge in [-0.3, -0.25) is 9.89 Å². The molecule has 0 saturated carbocycles.